The van der Waals surface area contributed by atoms with Crippen molar-refractivity contribution in [3.05, 3.63) is 0 Å². The molecule has 1 aliphatic heterocycles. The maximum atomic E-state index is 5.49. The van der Waals surface area contributed by atoms with E-state index < -0.39 is 0 Å². The summed E-state index contributed by atoms with van der Waals surface area (Å²) in [6, 6.07) is 0.846. The van der Waals surface area contributed by atoms with Crippen LogP contribution in [0.5, 0.6) is 0 Å². The van der Waals surface area contributed by atoms with Gasteiger partial charge in [-0.1, -0.05) is 0 Å². The zero-order valence-corrected chi connectivity index (χ0v) is 8.46. The molecule has 0 amide bonds. The summed E-state index contributed by atoms with van der Waals surface area (Å²) < 4.78 is 5.49. The predicted octanol–water partition coefficient (Wildman–Crippen LogP) is 0.459. The van der Waals surface area contributed by atoms with Crippen molar-refractivity contribution in [3.63, 3.8) is 0 Å². The molecule has 1 unspecified atom stereocenters. The first kappa shape index (κ1) is 9.44. The number of nitrogens with one attached hydrogen (secondary N) is 1. The summed E-state index contributed by atoms with van der Waals surface area (Å²) in [7, 11) is 0. The van der Waals surface area contributed by atoms with Gasteiger partial charge in [-0.25, -0.2) is 0 Å². The first-order valence-corrected chi connectivity index (χ1v) is 5.42. The second kappa shape index (κ2) is 4.40. The van der Waals surface area contributed by atoms with E-state index in [-0.39, 0.29) is 0 Å². The number of morpholine rings is 1. The van der Waals surface area contributed by atoms with Gasteiger partial charge in [-0.2, -0.15) is 0 Å². The number of hydrogen-bond acceptors (Lipinski definition) is 3. The Labute approximate surface area is 80.4 Å². The molecule has 0 radical (unpaired) electrons. The lowest BCUT2D eigenvalue weighted by molar-refractivity contribution is -0.0176. The maximum Gasteiger partial charge on any atom is 0.0674 e. The third kappa shape index (κ3) is 3.25. The summed E-state index contributed by atoms with van der Waals surface area (Å²) in [5.41, 5.74) is 0. The van der Waals surface area contributed by atoms with E-state index in [1.807, 2.05) is 0 Å². The SMILES string of the molecule is CC1CN(CCNC2CC2)CCO1. The second-order valence-corrected chi connectivity index (χ2v) is 4.21. The summed E-state index contributed by atoms with van der Waals surface area (Å²) in [5.74, 6) is 0. The molecular weight excluding hydrogens is 164 g/mol. The lowest BCUT2D eigenvalue weighted by Crippen LogP contribution is -2.44. The Kier molecular flexibility index (Phi) is 3.19. The van der Waals surface area contributed by atoms with E-state index in [1.165, 1.54) is 19.4 Å². The molecule has 0 aromatic carbocycles. The quantitative estimate of drug-likeness (QED) is 0.687. The van der Waals surface area contributed by atoms with E-state index in [9.17, 15) is 0 Å². The number of rotatable bonds is 4. The maximum absolute atomic E-state index is 5.49. The molecule has 0 bridgehead atoms. The third-order valence-electron chi connectivity index (χ3n) is 2.76. The van der Waals surface area contributed by atoms with Crippen molar-refractivity contribution in [3.8, 4) is 0 Å². The molecule has 0 aromatic heterocycles. The number of nitrogens with zero attached hydrogens (tertiary/aromatic N) is 1. The Morgan fingerprint density at radius 3 is 3.00 bits per heavy atom. The second-order valence-electron chi connectivity index (χ2n) is 4.21. The highest BCUT2D eigenvalue weighted by Gasteiger charge is 2.21. The van der Waals surface area contributed by atoms with Gasteiger partial charge in [0.2, 0.25) is 0 Å². The molecule has 76 valence electrons. The average molecular weight is 184 g/mol. The summed E-state index contributed by atoms with van der Waals surface area (Å²) >= 11 is 0. The smallest absolute Gasteiger partial charge is 0.0674 e. The first-order chi connectivity index (χ1) is 6.34. The molecule has 0 aromatic rings. The van der Waals surface area contributed by atoms with Gasteiger partial charge in [0, 0.05) is 32.2 Å². The fourth-order valence-corrected chi connectivity index (χ4v) is 1.81. The number of hydrogen-bond donors (Lipinski definition) is 1. The fraction of sp³-hybridized carbons (Fsp3) is 1.00. The molecule has 1 saturated heterocycles. The van der Waals surface area contributed by atoms with Crippen LogP contribution in [0.1, 0.15) is 19.8 Å². The zero-order valence-electron chi connectivity index (χ0n) is 8.46. The van der Waals surface area contributed by atoms with E-state index in [4.69, 9.17) is 4.74 Å². The van der Waals surface area contributed by atoms with E-state index in [2.05, 4.69) is 17.1 Å². The topological polar surface area (TPSA) is 24.5 Å². The van der Waals surface area contributed by atoms with Gasteiger partial charge in [-0.05, 0) is 19.8 Å². The van der Waals surface area contributed by atoms with Crippen LogP contribution in [0.4, 0.5) is 0 Å². The van der Waals surface area contributed by atoms with Crippen molar-refractivity contribution in [1.82, 2.24) is 10.2 Å². The van der Waals surface area contributed by atoms with Crippen LogP contribution < -0.4 is 5.32 Å². The van der Waals surface area contributed by atoms with Crippen molar-refractivity contribution in [2.24, 2.45) is 0 Å². The van der Waals surface area contributed by atoms with Crippen molar-refractivity contribution in [2.45, 2.75) is 31.9 Å². The number of ether oxygens (including phenoxy) is 1. The highest BCUT2D eigenvalue weighted by Crippen LogP contribution is 2.18. The van der Waals surface area contributed by atoms with Crippen molar-refractivity contribution in [1.29, 1.82) is 0 Å². The summed E-state index contributed by atoms with van der Waals surface area (Å²) in [4.78, 5) is 2.49. The average Bonchev–Trinajstić information content (AvgIpc) is 2.88. The van der Waals surface area contributed by atoms with Gasteiger partial charge in [0.1, 0.15) is 0 Å². The van der Waals surface area contributed by atoms with Gasteiger partial charge in [0.15, 0.2) is 0 Å². The molecule has 1 heterocycles. The standard InChI is InChI=1S/C10H20N2O/c1-9-8-12(6-7-13-9)5-4-11-10-2-3-10/h9-11H,2-8H2,1H3. The van der Waals surface area contributed by atoms with Gasteiger partial charge in [-0.3, -0.25) is 4.90 Å². The highest BCUT2D eigenvalue weighted by molar-refractivity contribution is 4.81. The van der Waals surface area contributed by atoms with Crippen LogP contribution in [-0.4, -0.2) is 49.8 Å². The van der Waals surface area contributed by atoms with Crippen LogP contribution in [0.15, 0.2) is 0 Å². The lowest BCUT2D eigenvalue weighted by Gasteiger charge is -2.31. The molecule has 2 fully saturated rings. The molecule has 3 heteroatoms. The van der Waals surface area contributed by atoms with E-state index in [0.717, 1.165) is 32.3 Å². The molecule has 1 saturated carbocycles. The van der Waals surface area contributed by atoms with Crippen molar-refractivity contribution in [2.75, 3.05) is 32.8 Å². The summed E-state index contributed by atoms with van der Waals surface area (Å²) in [5, 5.41) is 3.54. The molecule has 3 nitrogen and oxygen atoms in total. The van der Waals surface area contributed by atoms with Crippen LogP contribution >= 0.6 is 0 Å². The Bertz CT molecular complexity index is 159. The Morgan fingerprint density at radius 1 is 1.46 bits per heavy atom. The highest BCUT2D eigenvalue weighted by atomic mass is 16.5. The summed E-state index contributed by atoms with van der Waals surface area (Å²) in [6.45, 7) is 7.61. The van der Waals surface area contributed by atoms with Gasteiger partial charge in [0.25, 0.3) is 0 Å². The van der Waals surface area contributed by atoms with E-state index in [0.29, 0.717) is 6.10 Å². The molecule has 2 rings (SSSR count). The normalized spacial score (nSPS) is 30.7. The fourth-order valence-electron chi connectivity index (χ4n) is 1.81. The van der Waals surface area contributed by atoms with E-state index >= 15 is 0 Å². The van der Waals surface area contributed by atoms with Crippen LogP contribution in [0.2, 0.25) is 0 Å². The Morgan fingerprint density at radius 2 is 2.31 bits per heavy atom. The Balaban J connectivity index is 1.56. The molecule has 1 aliphatic carbocycles. The minimum Gasteiger partial charge on any atom is -0.376 e. The molecule has 1 atom stereocenters. The van der Waals surface area contributed by atoms with Crippen LogP contribution in [0, 0.1) is 0 Å². The van der Waals surface area contributed by atoms with E-state index in [1.54, 1.807) is 0 Å². The van der Waals surface area contributed by atoms with Crippen LogP contribution in [0.3, 0.4) is 0 Å². The van der Waals surface area contributed by atoms with Crippen LogP contribution in [-0.2, 0) is 4.74 Å². The van der Waals surface area contributed by atoms with Gasteiger partial charge >= 0.3 is 0 Å². The monoisotopic (exact) mass is 184 g/mol. The van der Waals surface area contributed by atoms with Gasteiger partial charge < -0.3 is 10.1 Å². The molecule has 1 N–H and O–H groups in total. The summed E-state index contributed by atoms with van der Waals surface area (Å²) in [6.07, 6.45) is 3.20. The third-order valence-corrected chi connectivity index (χ3v) is 2.76. The first-order valence-electron chi connectivity index (χ1n) is 5.42. The minimum atomic E-state index is 0.426. The lowest BCUT2D eigenvalue weighted by atomic mass is 10.3. The molecule has 13 heavy (non-hydrogen) atoms. The predicted molar refractivity (Wildman–Crippen MR) is 52.9 cm³/mol. The van der Waals surface area contributed by atoms with Crippen molar-refractivity contribution < 1.29 is 4.74 Å². The molecule has 0 spiro atoms. The van der Waals surface area contributed by atoms with Crippen molar-refractivity contribution >= 4 is 0 Å². The Hall–Kier alpha value is -0.120. The van der Waals surface area contributed by atoms with Gasteiger partial charge in [-0.15, -0.1) is 0 Å². The van der Waals surface area contributed by atoms with Crippen LogP contribution in [0.25, 0.3) is 0 Å². The largest absolute Gasteiger partial charge is 0.376 e. The van der Waals surface area contributed by atoms with Gasteiger partial charge in [0.05, 0.1) is 12.7 Å². The minimum absolute atomic E-state index is 0.426. The molecule has 2 aliphatic rings. The zero-order chi connectivity index (χ0) is 9.10. The molecular formula is C10H20N2O.